The van der Waals surface area contributed by atoms with E-state index in [4.69, 9.17) is 0 Å². The van der Waals surface area contributed by atoms with E-state index in [0.717, 1.165) is 40.8 Å². The molecule has 7 nitrogen and oxygen atoms in total. The summed E-state index contributed by atoms with van der Waals surface area (Å²) in [4.78, 5) is 4.40. The highest BCUT2D eigenvalue weighted by molar-refractivity contribution is 5.94. The molecule has 1 N–H and O–H groups in total. The molecule has 1 saturated heterocycles. The topological polar surface area (TPSA) is 62.4 Å². The Balaban J connectivity index is 1.43. The minimum absolute atomic E-state index is 0.472. The molecular formula is C21H24N6O. The number of rotatable bonds is 2. The van der Waals surface area contributed by atoms with Crippen molar-refractivity contribution in [3.8, 4) is 0 Å². The molecule has 0 unspecified atom stereocenters. The van der Waals surface area contributed by atoms with Gasteiger partial charge in [-0.15, -0.1) is 0 Å². The number of allylic oxidation sites excluding steroid dienone is 1. The van der Waals surface area contributed by atoms with Gasteiger partial charge in [0, 0.05) is 62.0 Å². The zero-order chi connectivity index (χ0) is 19.3. The summed E-state index contributed by atoms with van der Waals surface area (Å²) in [5.74, 6) is 0.663. The number of nitrogens with one attached hydrogen (secondary N) is 1. The van der Waals surface area contributed by atoms with Gasteiger partial charge in [-0.25, -0.2) is 9.64 Å². The molecule has 3 aliphatic heterocycles. The Bertz CT molecular complexity index is 1060. The maximum absolute atomic E-state index is 13.1. The van der Waals surface area contributed by atoms with Crippen molar-refractivity contribution in [3.05, 3.63) is 65.3 Å². The van der Waals surface area contributed by atoms with Crippen LogP contribution in [0.25, 0.3) is 16.6 Å². The number of nitrogens with zero attached hydrogens (tertiary/aromatic N) is 5. The van der Waals surface area contributed by atoms with Crippen LogP contribution in [-0.2, 0) is 7.05 Å². The van der Waals surface area contributed by atoms with Crippen molar-refractivity contribution < 1.29 is 4.74 Å². The second-order valence-corrected chi connectivity index (χ2v) is 7.66. The summed E-state index contributed by atoms with van der Waals surface area (Å²) in [5.41, 5.74) is 3.71. The van der Waals surface area contributed by atoms with E-state index in [1.807, 2.05) is 48.5 Å². The first-order valence-corrected chi connectivity index (χ1v) is 9.71. The lowest BCUT2D eigenvalue weighted by molar-refractivity contribution is -0.359. The van der Waals surface area contributed by atoms with Crippen LogP contribution in [0.15, 0.2) is 54.5 Å². The summed E-state index contributed by atoms with van der Waals surface area (Å²) >= 11 is 0. The van der Waals surface area contributed by atoms with Crippen LogP contribution in [0.5, 0.6) is 0 Å². The molecule has 1 aromatic carbocycles. The zero-order valence-corrected chi connectivity index (χ0v) is 16.2. The van der Waals surface area contributed by atoms with Gasteiger partial charge in [0.2, 0.25) is 0 Å². The molecule has 0 radical (unpaired) electrons. The van der Waals surface area contributed by atoms with E-state index in [9.17, 15) is 5.21 Å². The quantitative estimate of drug-likeness (QED) is 0.640. The Morgan fingerprint density at radius 2 is 2.18 bits per heavy atom. The van der Waals surface area contributed by atoms with Crippen LogP contribution < -0.4 is 5.32 Å². The van der Waals surface area contributed by atoms with E-state index in [1.165, 1.54) is 5.70 Å². The van der Waals surface area contributed by atoms with Gasteiger partial charge in [-0.2, -0.15) is 5.10 Å². The molecule has 0 aliphatic carbocycles. The van der Waals surface area contributed by atoms with Gasteiger partial charge in [-0.05, 0) is 31.2 Å². The zero-order valence-electron chi connectivity index (χ0n) is 16.2. The lowest BCUT2D eigenvalue weighted by atomic mass is 10.1. The van der Waals surface area contributed by atoms with Crippen molar-refractivity contribution in [2.75, 3.05) is 26.2 Å². The van der Waals surface area contributed by atoms with Gasteiger partial charge in [0.15, 0.2) is 0 Å². The molecule has 0 spiro atoms. The molecular weight excluding hydrogens is 352 g/mol. The SMILES string of the molecule is C[C@@H]1CN(C2=CN3CC=C(c4ccc5nn(C)cc5c4)[N+]([O-])=C3C=C2)CCN1. The molecule has 1 aromatic heterocycles. The smallest absolute Gasteiger partial charge is 0.285 e. The lowest BCUT2D eigenvalue weighted by Crippen LogP contribution is -2.49. The van der Waals surface area contributed by atoms with Crippen LogP contribution >= 0.6 is 0 Å². The number of fused-ring (bicyclic) bond motifs is 2. The monoisotopic (exact) mass is 376 g/mol. The fourth-order valence-electron chi connectivity index (χ4n) is 4.14. The van der Waals surface area contributed by atoms with Crippen molar-refractivity contribution >= 4 is 22.4 Å². The average Bonchev–Trinajstić information content (AvgIpc) is 3.07. The molecule has 0 bridgehead atoms. The molecule has 4 heterocycles. The van der Waals surface area contributed by atoms with Gasteiger partial charge in [0.1, 0.15) is 18.4 Å². The number of amidine groups is 1. The van der Waals surface area contributed by atoms with Gasteiger partial charge in [0.25, 0.3) is 5.84 Å². The molecule has 0 amide bonds. The van der Waals surface area contributed by atoms with E-state index < -0.39 is 0 Å². The number of aryl methyl sites for hydroxylation is 1. The predicted molar refractivity (Wildman–Crippen MR) is 110 cm³/mol. The first kappa shape index (κ1) is 17.1. The van der Waals surface area contributed by atoms with E-state index in [1.54, 1.807) is 4.68 Å². The van der Waals surface area contributed by atoms with Gasteiger partial charge >= 0.3 is 0 Å². The maximum Gasteiger partial charge on any atom is 0.285 e. The third-order valence-electron chi connectivity index (χ3n) is 5.54. The predicted octanol–water partition coefficient (Wildman–Crippen LogP) is 1.84. The van der Waals surface area contributed by atoms with Crippen LogP contribution in [0.4, 0.5) is 0 Å². The van der Waals surface area contributed by atoms with E-state index in [2.05, 4.69) is 34.5 Å². The lowest BCUT2D eigenvalue weighted by Gasteiger charge is -2.36. The van der Waals surface area contributed by atoms with Crippen LogP contribution in [0.2, 0.25) is 0 Å². The highest BCUT2D eigenvalue weighted by Gasteiger charge is 2.29. The summed E-state index contributed by atoms with van der Waals surface area (Å²) in [7, 11) is 1.91. The van der Waals surface area contributed by atoms with E-state index >= 15 is 0 Å². The number of hydrogen-bond donors (Lipinski definition) is 1. The third kappa shape index (κ3) is 2.88. The summed E-state index contributed by atoms with van der Waals surface area (Å²) in [5, 5.41) is 22.0. The molecule has 1 fully saturated rings. The Labute approximate surface area is 164 Å². The molecule has 5 rings (SSSR count). The van der Waals surface area contributed by atoms with Crippen LogP contribution in [0.1, 0.15) is 12.5 Å². The molecule has 1 atom stereocenters. The largest absolute Gasteiger partial charge is 0.710 e. The third-order valence-corrected chi connectivity index (χ3v) is 5.54. The number of benzene rings is 1. The Morgan fingerprint density at radius 3 is 3.04 bits per heavy atom. The van der Waals surface area contributed by atoms with Crippen molar-refractivity contribution in [1.29, 1.82) is 0 Å². The van der Waals surface area contributed by atoms with E-state index in [0.29, 0.717) is 24.1 Å². The van der Waals surface area contributed by atoms with Gasteiger partial charge in [-0.3, -0.25) is 4.68 Å². The Hall–Kier alpha value is -3.06. The standard InChI is InChI=1S/C21H24N6O/c1-15-12-25(10-8-22-15)18-4-6-21-26(14-18)9-7-20(27(21)28)16-3-5-19-17(11-16)13-24(2)23-19/h3-7,11,13-15,22H,8-10,12H2,1-2H3/t15-/m1/s1. The fourth-order valence-corrected chi connectivity index (χ4v) is 4.14. The normalized spacial score (nSPS) is 22.4. The molecule has 0 saturated carbocycles. The number of hydroxylamine groups is 1. The first-order chi connectivity index (χ1) is 13.6. The average molecular weight is 376 g/mol. The second-order valence-electron chi connectivity index (χ2n) is 7.66. The molecule has 28 heavy (non-hydrogen) atoms. The summed E-state index contributed by atoms with van der Waals surface area (Å²) in [6.07, 6.45) is 10.1. The van der Waals surface area contributed by atoms with Gasteiger partial charge in [0.05, 0.1) is 11.2 Å². The van der Waals surface area contributed by atoms with Crippen molar-refractivity contribution in [2.45, 2.75) is 13.0 Å². The van der Waals surface area contributed by atoms with Crippen LogP contribution in [-0.4, -0.2) is 62.4 Å². The highest BCUT2D eigenvalue weighted by Crippen LogP contribution is 2.26. The van der Waals surface area contributed by atoms with Gasteiger partial charge < -0.3 is 15.4 Å². The Kier molecular flexibility index (Phi) is 3.98. The molecule has 2 aromatic rings. The molecule has 144 valence electrons. The van der Waals surface area contributed by atoms with Crippen LogP contribution in [0.3, 0.4) is 0 Å². The number of piperazine rings is 1. The van der Waals surface area contributed by atoms with Gasteiger partial charge in [-0.1, -0.05) is 0 Å². The molecule has 7 heteroatoms. The van der Waals surface area contributed by atoms with E-state index in [-0.39, 0.29) is 0 Å². The number of aromatic nitrogens is 2. The summed E-state index contributed by atoms with van der Waals surface area (Å²) in [6.45, 7) is 5.83. The number of hydrogen-bond acceptors (Lipinski definition) is 5. The fraction of sp³-hybridized carbons (Fsp3) is 0.333. The summed E-state index contributed by atoms with van der Waals surface area (Å²) < 4.78 is 2.83. The summed E-state index contributed by atoms with van der Waals surface area (Å²) in [6, 6.07) is 6.44. The van der Waals surface area contributed by atoms with Crippen molar-refractivity contribution in [1.82, 2.24) is 24.9 Å². The second kappa shape index (κ2) is 6.53. The minimum atomic E-state index is 0.472. The van der Waals surface area contributed by atoms with Crippen molar-refractivity contribution in [3.63, 3.8) is 0 Å². The highest BCUT2D eigenvalue weighted by atomic mass is 16.5. The maximum atomic E-state index is 13.1. The van der Waals surface area contributed by atoms with Crippen molar-refractivity contribution in [2.24, 2.45) is 7.05 Å². The first-order valence-electron chi connectivity index (χ1n) is 9.71. The van der Waals surface area contributed by atoms with Crippen LogP contribution in [0, 0.1) is 5.21 Å². The molecule has 3 aliphatic rings. The Morgan fingerprint density at radius 1 is 1.29 bits per heavy atom. The minimum Gasteiger partial charge on any atom is -0.710 e.